The highest BCUT2D eigenvalue weighted by molar-refractivity contribution is 6.33. The van der Waals surface area contributed by atoms with Gasteiger partial charge < -0.3 is 15.2 Å². The SMILES string of the molecule is Cc1cccc(OCC(=O)Nc2cc(C(=O)O)ccc2Cl)c1. The van der Waals surface area contributed by atoms with Gasteiger partial charge in [-0.2, -0.15) is 0 Å². The van der Waals surface area contributed by atoms with Crippen molar-refractivity contribution in [2.45, 2.75) is 6.92 Å². The molecule has 2 aromatic carbocycles. The normalized spacial score (nSPS) is 10.1. The van der Waals surface area contributed by atoms with E-state index in [-0.39, 0.29) is 22.9 Å². The number of carbonyl (C=O) groups is 2. The van der Waals surface area contributed by atoms with Gasteiger partial charge in [0.05, 0.1) is 16.3 Å². The standard InChI is InChI=1S/C16H14ClNO4/c1-10-3-2-4-12(7-10)22-9-15(19)18-14-8-11(16(20)21)5-6-13(14)17/h2-8H,9H2,1H3,(H,18,19)(H,20,21). The molecule has 0 saturated carbocycles. The first-order valence-corrected chi connectivity index (χ1v) is 6.85. The number of aromatic carboxylic acids is 1. The van der Waals surface area contributed by atoms with Gasteiger partial charge in [0.2, 0.25) is 0 Å². The van der Waals surface area contributed by atoms with Gasteiger partial charge >= 0.3 is 5.97 Å². The number of halogens is 1. The predicted octanol–water partition coefficient (Wildman–Crippen LogP) is 3.36. The third-order valence-electron chi connectivity index (χ3n) is 2.85. The highest BCUT2D eigenvalue weighted by atomic mass is 35.5. The molecule has 0 heterocycles. The van der Waals surface area contributed by atoms with Gasteiger partial charge in [0.1, 0.15) is 5.75 Å². The maximum absolute atomic E-state index is 11.9. The van der Waals surface area contributed by atoms with Crippen LogP contribution in [0.1, 0.15) is 15.9 Å². The number of benzene rings is 2. The Labute approximate surface area is 132 Å². The molecule has 0 aliphatic carbocycles. The van der Waals surface area contributed by atoms with Crippen LogP contribution < -0.4 is 10.1 Å². The van der Waals surface area contributed by atoms with Crippen molar-refractivity contribution in [3.63, 3.8) is 0 Å². The Kier molecular flexibility index (Phi) is 5.01. The number of nitrogens with one attached hydrogen (secondary N) is 1. The zero-order chi connectivity index (χ0) is 16.1. The molecular weight excluding hydrogens is 306 g/mol. The highest BCUT2D eigenvalue weighted by Crippen LogP contribution is 2.23. The minimum atomic E-state index is -1.09. The minimum Gasteiger partial charge on any atom is -0.484 e. The van der Waals surface area contributed by atoms with Crippen LogP contribution in [0, 0.1) is 6.92 Å². The number of aryl methyl sites for hydroxylation is 1. The molecule has 0 fully saturated rings. The molecule has 114 valence electrons. The van der Waals surface area contributed by atoms with Crippen LogP contribution in [-0.2, 0) is 4.79 Å². The Morgan fingerprint density at radius 3 is 2.68 bits per heavy atom. The quantitative estimate of drug-likeness (QED) is 0.886. The third-order valence-corrected chi connectivity index (χ3v) is 3.18. The van der Waals surface area contributed by atoms with E-state index in [0.29, 0.717) is 5.75 Å². The van der Waals surface area contributed by atoms with E-state index in [9.17, 15) is 9.59 Å². The lowest BCUT2D eigenvalue weighted by atomic mass is 10.2. The summed E-state index contributed by atoms with van der Waals surface area (Å²) in [5.41, 5.74) is 1.30. The molecule has 22 heavy (non-hydrogen) atoms. The number of carboxylic acids is 1. The Balaban J connectivity index is 2.00. The van der Waals surface area contributed by atoms with Crippen LogP contribution in [0.25, 0.3) is 0 Å². The van der Waals surface area contributed by atoms with Crippen LogP contribution >= 0.6 is 11.6 Å². The summed E-state index contributed by atoms with van der Waals surface area (Å²) in [6.07, 6.45) is 0. The van der Waals surface area contributed by atoms with Crippen LogP contribution in [0.15, 0.2) is 42.5 Å². The summed E-state index contributed by atoms with van der Waals surface area (Å²) in [5, 5.41) is 11.7. The number of ether oxygens (including phenoxy) is 1. The second-order valence-electron chi connectivity index (χ2n) is 4.65. The van der Waals surface area contributed by atoms with E-state index >= 15 is 0 Å². The smallest absolute Gasteiger partial charge is 0.335 e. The molecule has 2 N–H and O–H groups in total. The first-order valence-electron chi connectivity index (χ1n) is 6.48. The monoisotopic (exact) mass is 319 g/mol. The molecule has 0 radical (unpaired) electrons. The van der Waals surface area contributed by atoms with E-state index < -0.39 is 11.9 Å². The minimum absolute atomic E-state index is 0.0410. The molecule has 6 heteroatoms. The Hall–Kier alpha value is -2.53. The molecule has 2 aromatic rings. The van der Waals surface area contributed by atoms with Crippen molar-refractivity contribution < 1.29 is 19.4 Å². The fourth-order valence-corrected chi connectivity index (χ4v) is 1.96. The lowest BCUT2D eigenvalue weighted by Gasteiger charge is -2.10. The molecule has 0 saturated heterocycles. The van der Waals surface area contributed by atoms with E-state index in [1.807, 2.05) is 25.1 Å². The van der Waals surface area contributed by atoms with Crippen molar-refractivity contribution >= 4 is 29.2 Å². The van der Waals surface area contributed by atoms with E-state index in [4.69, 9.17) is 21.4 Å². The van der Waals surface area contributed by atoms with E-state index in [2.05, 4.69) is 5.32 Å². The van der Waals surface area contributed by atoms with Crippen LogP contribution in [0.3, 0.4) is 0 Å². The molecule has 0 aromatic heterocycles. The first kappa shape index (κ1) is 15.9. The number of amides is 1. The maximum Gasteiger partial charge on any atom is 0.335 e. The Morgan fingerprint density at radius 1 is 1.23 bits per heavy atom. The topological polar surface area (TPSA) is 75.6 Å². The van der Waals surface area contributed by atoms with Gasteiger partial charge in [0, 0.05) is 0 Å². The molecule has 0 spiro atoms. The fourth-order valence-electron chi connectivity index (χ4n) is 1.79. The predicted molar refractivity (Wildman–Crippen MR) is 83.7 cm³/mol. The molecule has 0 bridgehead atoms. The second-order valence-corrected chi connectivity index (χ2v) is 5.06. The van der Waals surface area contributed by atoms with Crippen molar-refractivity contribution in [3.05, 3.63) is 58.6 Å². The van der Waals surface area contributed by atoms with Gasteiger partial charge in [-0.1, -0.05) is 23.7 Å². The zero-order valence-electron chi connectivity index (χ0n) is 11.8. The van der Waals surface area contributed by atoms with Crippen molar-refractivity contribution in [1.29, 1.82) is 0 Å². The lowest BCUT2D eigenvalue weighted by molar-refractivity contribution is -0.118. The van der Waals surface area contributed by atoms with Crippen LogP contribution in [0.5, 0.6) is 5.75 Å². The van der Waals surface area contributed by atoms with Crippen LogP contribution in [0.4, 0.5) is 5.69 Å². The summed E-state index contributed by atoms with van der Waals surface area (Å²) in [6, 6.07) is 11.4. The molecule has 2 rings (SSSR count). The van der Waals surface area contributed by atoms with Crippen LogP contribution in [-0.4, -0.2) is 23.6 Å². The number of hydrogen-bond donors (Lipinski definition) is 2. The van der Waals surface area contributed by atoms with Gasteiger partial charge in [-0.05, 0) is 42.8 Å². The molecule has 0 aliphatic rings. The second kappa shape index (κ2) is 6.95. The van der Waals surface area contributed by atoms with Crippen molar-refractivity contribution in [2.24, 2.45) is 0 Å². The number of carboxylic acid groups (broad SMARTS) is 1. The number of anilines is 1. The zero-order valence-corrected chi connectivity index (χ0v) is 12.6. The first-order chi connectivity index (χ1) is 10.5. The summed E-state index contributed by atoms with van der Waals surface area (Å²) < 4.78 is 5.37. The maximum atomic E-state index is 11.9. The summed E-state index contributed by atoms with van der Waals surface area (Å²) >= 11 is 5.93. The van der Waals surface area contributed by atoms with Crippen LogP contribution in [0.2, 0.25) is 5.02 Å². The van der Waals surface area contributed by atoms with Gasteiger partial charge in [-0.15, -0.1) is 0 Å². The molecule has 0 aliphatic heterocycles. The summed E-state index contributed by atoms with van der Waals surface area (Å²) in [7, 11) is 0. The third kappa shape index (κ3) is 4.23. The highest BCUT2D eigenvalue weighted by Gasteiger charge is 2.10. The lowest BCUT2D eigenvalue weighted by Crippen LogP contribution is -2.20. The number of hydrogen-bond acceptors (Lipinski definition) is 3. The van der Waals surface area contributed by atoms with Crippen molar-refractivity contribution in [2.75, 3.05) is 11.9 Å². The van der Waals surface area contributed by atoms with E-state index in [0.717, 1.165) is 5.56 Å². The molecule has 1 amide bonds. The van der Waals surface area contributed by atoms with E-state index in [1.54, 1.807) is 6.07 Å². The van der Waals surface area contributed by atoms with E-state index in [1.165, 1.54) is 18.2 Å². The fraction of sp³-hybridized carbons (Fsp3) is 0.125. The summed E-state index contributed by atoms with van der Waals surface area (Å²) in [5.74, 6) is -0.936. The average Bonchev–Trinajstić information content (AvgIpc) is 2.47. The van der Waals surface area contributed by atoms with Crippen molar-refractivity contribution in [3.8, 4) is 5.75 Å². The average molecular weight is 320 g/mol. The van der Waals surface area contributed by atoms with Gasteiger partial charge in [0.15, 0.2) is 6.61 Å². The summed E-state index contributed by atoms with van der Waals surface area (Å²) in [6.45, 7) is 1.72. The largest absolute Gasteiger partial charge is 0.484 e. The summed E-state index contributed by atoms with van der Waals surface area (Å²) in [4.78, 5) is 22.8. The Morgan fingerprint density at radius 2 is 2.00 bits per heavy atom. The molecular formula is C16H14ClNO4. The van der Waals surface area contributed by atoms with Gasteiger partial charge in [-0.3, -0.25) is 4.79 Å². The molecule has 5 nitrogen and oxygen atoms in total. The Bertz CT molecular complexity index is 715. The van der Waals surface area contributed by atoms with Gasteiger partial charge in [-0.25, -0.2) is 4.79 Å². The van der Waals surface area contributed by atoms with Crippen molar-refractivity contribution in [1.82, 2.24) is 0 Å². The number of carbonyl (C=O) groups excluding carboxylic acids is 1. The number of rotatable bonds is 5. The van der Waals surface area contributed by atoms with Gasteiger partial charge in [0.25, 0.3) is 5.91 Å². The molecule has 0 unspecified atom stereocenters. The molecule has 0 atom stereocenters.